The molecule has 0 saturated heterocycles. The molecule has 70 valence electrons. The predicted molar refractivity (Wildman–Crippen MR) is 59.3 cm³/mol. The minimum absolute atomic E-state index is 0.168. The third kappa shape index (κ3) is 2.65. The third-order valence-electron chi connectivity index (χ3n) is 1.28. The fourth-order valence-corrected chi connectivity index (χ4v) is 1.47. The molecule has 0 fully saturated rings. The Morgan fingerprint density at radius 3 is 2.92 bits per heavy atom. The molecule has 0 bridgehead atoms. The maximum absolute atomic E-state index is 11.5. The van der Waals surface area contributed by atoms with Gasteiger partial charge in [0.15, 0.2) is 5.15 Å². The Morgan fingerprint density at radius 2 is 2.38 bits per heavy atom. The van der Waals surface area contributed by atoms with Crippen molar-refractivity contribution in [3.8, 4) is 0 Å². The van der Waals surface area contributed by atoms with Crippen molar-refractivity contribution < 1.29 is 0 Å². The van der Waals surface area contributed by atoms with E-state index in [1.807, 2.05) is 0 Å². The zero-order chi connectivity index (χ0) is 10.0. The lowest BCUT2D eigenvalue weighted by atomic mass is 10.5. The molecule has 0 aliphatic carbocycles. The molecule has 1 aromatic heterocycles. The van der Waals surface area contributed by atoms with E-state index in [0.29, 0.717) is 11.0 Å². The molecule has 0 atom stereocenters. The lowest BCUT2D eigenvalue weighted by Gasteiger charge is -2.03. The Balaban J connectivity index is 3.19. The standard InChI is InChI=1S/C7H5Br2ClN2O/c1-4(8)2-12-3-11-6(10)5(9)7(12)13/h3H,1-2H2. The molecule has 0 unspecified atom stereocenters. The molecule has 13 heavy (non-hydrogen) atoms. The van der Waals surface area contributed by atoms with Gasteiger partial charge in [0, 0.05) is 4.48 Å². The van der Waals surface area contributed by atoms with Gasteiger partial charge in [-0.1, -0.05) is 34.1 Å². The zero-order valence-corrected chi connectivity index (χ0v) is 10.4. The lowest BCUT2D eigenvalue weighted by Crippen LogP contribution is -2.21. The largest absolute Gasteiger partial charge is 0.293 e. The molecule has 0 aliphatic heterocycles. The van der Waals surface area contributed by atoms with Crippen molar-refractivity contribution in [3.05, 3.63) is 37.4 Å². The van der Waals surface area contributed by atoms with Gasteiger partial charge in [0.2, 0.25) is 0 Å². The third-order valence-corrected chi connectivity index (χ3v) is 2.76. The van der Waals surface area contributed by atoms with Gasteiger partial charge >= 0.3 is 0 Å². The number of aromatic nitrogens is 2. The van der Waals surface area contributed by atoms with Gasteiger partial charge in [0.1, 0.15) is 4.47 Å². The zero-order valence-electron chi connectivity index (χ0n) is 6.43. The number of rotatable bonds is 2. The maximum atomic E-state index is 11.5. The molecule has 0 aromatic carbocycles. The molecule has 6 heteroatoms. The van der Waals surface area contributed by atoms with E-state index < -0.39 is 0 Å². The van der Waals surface area contributed by atoms with Crippen LogP contribution in [0.2, 0.25) is 5.15 Å². The molecule has 1 rings (SSSR count). The molecule has 0 amide bonds. The highest BCUT2D eigenvalue weighted by Gasteiger charge is 2.06. The Morgan fingerprint density at radius 1 is 1.77 bits per heavy atom. The molecule has 0 aliphatic rings. The fraction of sp³-hybridized carbons (Fsp3) is 0.143. The van der Waals surface area contributed by atoms with Crippen molar-refractivity contribution in [1.82, 2.24) is 9.55 Å². The van der Waals surface area contributed by atoms with Gasteiger partial charge in [-0.25, -0.2) is 4.98 Å². The molecular weight excluding hydrogens is 323 g/mol. The van der Waals surface area contributed by atoms with E-state index in [4.69, 9.17) is 11.6 Å². The van der Waals surface area contributed by atoms with Crippen LogP contribution in [-0.2, 0) is 6.54 Å². The van der Waals surface area contributed by atoms with Crippen LogP contribution in [0.5, 0.6) is 0 Å². The van der Waals surface area contributed by atoms with Crippen LogP contribution in [0.1, 0.15) is 0 Å². The fourth-order valence-electron chi connectivity index (χ4n) is 0.741. The highest BCUT2D eigenvalue weighted by Crippen LogP contribution is 2.14. The summed E-state index contributed by atoms with van der Waals surface area (Å²) in [5, 5.41) is 0.168. The van der Waals surface area contributed by atoms with Gasteiger partial charge in [-0.15, -0.1) is 0 Å². The lowest BCUT2D eigenvalue weighted by molar-refractivity contribution is 0.744. The summed E-state index contributed by atoms with van der Waals surface area (Å²) in [6.45, 7) is 4.00. The van der Waals surface area contributed by atoms with Crippen molar-refractivity contribution in [2.75, 3.05) is 0 Å². The highest BCUT2D eigenvalue weighted by atomic mass is 79.9. The number of hydrogen-bond donors (Lipinski definition) is 0. The summed E-state index contributed by atoms with van der Waals surface area (Å²) in [5.41, 5.74) is -0.222. The van der Waals surface area contributed by atoms with E-state index in [1.54, 1.807) is 0 Å². The van der Waals surface area contributed by atoms with Crippen molar-refractivity contribution in [3.63, 3.8) is 0 Å². The summed E-state index contributed by atoms with van der Waals surface area (Å²) in [4.78, 5) is 15.3. The number of hydrogen-bond acceptors (Lipinski definition) is 2. The van der Waals surface area contributed by atoms with Crippen molar-refractivity contribution in [2.24, 2.45) is 0 Å². The van der Waals surface area contributed by atoms with Crippen LogP contribution in [0, 0.1) is 0 Å². The second-order valence-electron chi connectivity index (χ2n) is 2.30. The monoisotopic (exact) mass is 326 g/mol. The van der Waals surface area contributed by atoms with Crippen molar-refractivity contribution in [1.29, 1.82) is 0 Å². The van der Waals surface area contributed by atoms with E-state index >= 15 is 0 Å². The van der Waals surface area contributed by atoms with Crippen LogP contribution in [-0.4, -0.2) is 9.55 Å². The summed E-state index contributed by atoms with van der Waals surface area (Å²) in [6.07, 6.45) is 1.38. The van der Waals surface area contributed by atoms with Gasteiger partial charge in [0.05, 0.1) is 12.9 Å². The van der Waals surface area contributed by atoms with Crippen molar-refractivity contribution in [2.45, 2.75) is 6.54 Å². The summed E-state index contributed by atoms with van der Waals surface area (Å²) < 4.78 is 2.36. The van der Waals surface area contributed by atoms with E-state index in [1.165, 1.54) is 10.9 Å². The summed E-state index contributed by atoms with van der Waals surface area (Å²) in [7, 11) is 0. The van der Waals surface area contributed by atoms with Gasteiger partial charge in [0.25, 0.3) is 5.56 Å². The van der Waals surface area contributed by atoms with Crippen LogP contribution in [0.3, 0.4) is 0 Å². The number of allylic oxidation sites excluding steroid dienone is 1. The molecule has 0 radical (unpaired) electrons. The van der Waals surface area contributed by atoms with E-state index in [9.17, 15) is 4.79 Å². The first-order valence-electron chi connectivity index (χ1n) is 3.26. The molecule has 3 nitrogen and oxygen atoms in total. The number of halogens is 3. The quantitative estimate of drug-likeness (QED) is 0.782. The van der Waals surface area contributed by atoms with Gasteiger partial charge < -0.3 is 0 Å². The van der Waals surface area contributed by atoms with Crippen LogP contribution < -0.4 is 5.56 Å². The Labute approximate surface area is 96.7 Å². The summed E-state index contributed by atoms with van der Waals surface area (Å²) >= 11 is 11.8. The normalized spacial score (nSPS) is 10.1. The minimum atomic E-state index is -0.222. The molecule has 0 N–H and O–H groups in total. The van der Waals surface area contributed by atoms with E-state index in [0.717, 1.165) is 0 Å². The molecule has 1 heterocycles. The Bertz CT molecular complexity index is 402. The summed E-state index contributed by atoms with van der Waals surface area (Å²) in [6, 6.07) is 0. The van der Waals surface area contributed by atoms with Gasteiger partial charge in [-0.05, 0) is 15.9 Å². The number of nitrogens with zero attached hydrogens (tertiary/aromatic N) is 2. The average molecular weight is 328 g/mol. The highest BCUT2D eigenvalue weighted by molar-refractivity contribution is 9.11. The van der Waals surface area contributed by atoms with Crippen LogP contribution >= 0.6 is 43.5 Å². The second-order valence-corrected chi connectivity index (χ2v) is 4.57. The molecular formula is C7H5Br2ClN2O. The van der Waals surface area contributed by atoms with Gasteiger partial charge in [-0.3, -0.25) is 9.36 Å². The van der Waals surface area contributed by atoms with Crippen LogP contribution in [0.15, 0.2) is 26.7 Å². The van der Waals surface area contributed by atoms with Crippen LogP contribution in [0.25, 0.3) is 0 Å². The maximum Gasteiger partial charge on any atom is 0.269 e. The summed E-state index contributed by atoms with van der Waals surface area (Å²) in [5.74, 6) is 0. The van der Waals surface area contributed by atoms with E-state index in [2.05, 4.69) is 43.4 Å². The first-order valence-corrected chi connectivity index (χ1v) is 5.22. The Kier molecular flexibility index (Phi) is 3.70. The van der Waals surface area contributed by atoms with E-state index in [-0.39, 0.29) is 15.2 Å². The van der Waals surface area contributed by atoms with Crippen molar-refractivity contribution >= 4 is 43.5 Å². The smallest absolute Gasteiger partial charge is 0.269 e. The molecule has 1 aromatic rings. The average Bonchev–Trinajstić information content (AvgIpc) is 2.06. The molecule has 0 spiro atoms. The Hall–Kier alpha value is -0.130. The predicted octanol–water partition coefficient (Wildman–Crippen LogP) is 2.57. The SMILES string of the molecule is C=C(Br)Cn1cnc(Cl)c(Br)c1=O. The van der Waals surface area contributed by atoms with Gasteiger partial charge in [-0.2, -0.15) is 0 Å². The first-order chi connectivity index (χ1) is 6.02. The second kappa shape index (κ2) is 4.39. The minimum Gasteiger partial charge on any atom is -0.293 e. The van der Waals surface area contributed by atoms with Crippen LogP contribution in [0.4, 0.5) is 0 Å². The topological polar surface area (TPSA) is 34.9 Å². The first kappa shape index (κ1) is 10.9. The molecule has 0 saturated carbocycles.